The zero-order valence-corrected chi connectivity index (χ0v) is 42.5. The van der Waals surface area contributed by atoms with E-state index in [2.05, 4.69) is 99.4 Å². The topological polar surface area (TPSA) is 40.6 Å². The van der Waals surface area contributed by atoms with Crippen LogP contribution in [-0.4, -0.2) is 54.7 Å². The minimum atomic E-state index is 0.264. The highest BCUT2D eigenvalue weighted by Gasteiger charge is 2.23. The molecule has 1 amide bonds. The van der Waals surface area contributed by atoms with E-state index in [-0.39, 0.29) is 5.92 Å². The number of halogens is 1. The molecular weight excluding hydrogens is 732 g/mol. The van der Waals surface area contributed by atoms with Crippen LogP contribution in [0, 0.1) is 29.6 Å². The van der Waals surface area contributed by atoms with Crippen LogP contribution in [0.2, 0.25) is 5.02 Å². The van der Waals surface area contributed by atoms with E-state index >= 15 is 0 Å². The fourth-order valence-corrected chi connectivity index (χ4v) is 6.18. The van der Waals surface area contributed by atoms with E-state index in [1.165, 1.54) is 121 Å². The lowest BCUT2D eigenvalue weighted by Gasteiger charge is -2.17. The molecule has 5 heteroatoms. The second kappa shape index (κ2) is 40.7. The lowest BCUT2D eigenvalue weighted by molar-refractivity contribution is -0.120. The molecule has 2 aliphatic carbocycles. The number of nitrogens with zero attached hydrogens (tertiary/aromatic N) is 2. The normalized spacial score (nSPS) is 17.4. The maximum absolute atomic E-state index is 10.5. The van der Waals surface area contributed by atoms with Crippen LogP contribution in [0.3, 0.4) is 0 Å². The van der Waals surface area contributed by atoms with Gasteiger partial charge in [0.2, 0.25) is 6.41 Å². The van der Waals surface area contributed by atoms with Crippen LogP contribution >= 0.6 is 11.6 Å². The molecule has 5 unspecified atom stereocenters. The zero-order chi connectivity index (χ0) is 44.9. The fourth-order valence-electron chi connectivity index (χ4n) is 6.05. The van der Waals surface area contributed by atoms with Gasteiger partial charge in [0, 0.05) is 17.5 Å². The molecule has 1 aromatic rings. The van der Waals surface area contributed by atoms with Crippen molar-refractivity contribution in [3.05, 3.63) is 46.5 Å². The number of hydrogen-bond acceptors (Lipinski definition) is 3. The lowest BCUT2D eigenvalue weighted by atomic mass is 9.88. The Morgan fingerprint density at radius 2 is 1.34 bits per heavy atom. The molecule has 58 heavy (non-hydrogen) atoms. The first-order chi connectivity index (χ1) is 27.7. The number of allylic oxidation sites excluding steroid dienone is 1. The molecular formula is C53H101ClN2O2. The average Bonchev–Trinajstić information content (AvgIpc) is 4.18. The number of carbonyl (C=O) groups is 2. The quantitative estimate of drug-likeness (QED) is 0.0792. The van der Waals surface area contributed by atoms with Crippen LogP contribution in [0.1, 0.15) is 224 Å². The van der Waals surface area contributed by atoms with E-state index in [1.54, 1.807) is 12.5 Å². The predicted octanol–water partition coefficient (Wildman–Crippen LogP) is 16.6. The lowest BCUT2D eigenvalue weighted by Crippen LogP contribution is -2.25. The van der Waals surface area contributed by atoms with E-state index in [0.717, 1.165) is 48.1 Å². The summed E-state index contributed by atoms with van der Waals surface area (Å²) in [6.07, 6.45) is 25.2. The fraction of sp³-hybridized carbons (Fsp3) is 0.811. The smallest absolute Gasteiger partial charge is 0.210 e. The third-order valence-electron chi connectivity index (χ3n) is 12.2. The summed E-state index contributed by atoms with van der Waals surface area (Å²) in [6.45, 7) is 35.9. The van der Waals surface area contributed by atoms with Gasteiger partial charge in [-0.25, -0.2) is 0 Å². The van der Waals surface area contributed by atoms with Crippen molar-refractivity contribution in [1.29, 1.82) is 0 Å². The largest absolute Gasteiger partial charge is 0.339 e. The number of likely N-dealkylation sites (tertiary alicyclic amines) is 1. The standard InChI is InChI=1S/C15H23Cl.C9H13NO.C9H21N.C8H18.C6H12O.C4H8.C2H6/c1-4-12(3)6-7-13(5-2)14-8-10-15(16)11-9-14;11-7-10-5-1-2-9(10)6-8-3-4-8;1-4-6-7-9-10(3)8-5-2;1-5-7(3)8(4)6-2;1-4-5(2)6(3)7;1-4-2-3-4;1-2/h8-13H,4-7H2,1-3H3;6-7,9H,1-5H2;4-9H2,1-3H3;7-8H,5-6H2,1-4H3;5H,4H2,1-3H3;4H,2-3H2,1H3;1-2H3/t;;;;5-;;/m....0../s1. The van der Waals surface area contributed by atoms with Crippen LogP contribution in [0.15, 0.2) is 35.9 Å². The van der Waals surface area contributed by atoms with Crippen molar-refractivity contribution in [2.24, 2.45) is 29.6 Å². The molecule has 1 saturated heterocycles. The molecule has 2 saturated carbocycles. The highest BCUT2D eigenvalue weighted by molar-refractivity contribution is 6.30. The van der Waals surface area contributed by atoms with Gasteiger partial charge < -0.3 is 9.80 Å². The van der Waals surface area contributed by atoms with Crippen molar-refractivity contribution in [1.82, 2.24) is 9.80 Å². The average molecular weight is 834 g/mol. The predicted molar refractivity (Wildman–Crippen MR) is 262 cm³/mol. The van der Waals surface area contributed by atoms with E-state index in [0.29, 0.717) is 17.7 Å². The molecule has 0 aromatic heterocycles. The third-order valence-corrected chi connectivity index (χ3v) is 12.4. The van der Waals surface area contributed by atoms with Crippen LogP contribution in [0.5, 0.6) is 0 Å². The SMILES string of the molecule is CC.CC1CC1.CCC(C)C(C)CC.CCC(C)CCC(CC)c1ccc(Cl)cc1.CCCCCN(C)CCC.CC[C@H](C)C(C)=O.O=CN1CCCC1C=C1CC1. The van der Waals surface area contributed by atoms with Gasteiger partial charge in [0.1, 0.15) is 5.78 Å². The summed E-state index contributed by atoms with van der Waals surface area (Å²) in [5.74, 6) is 5.02. The Kier molecular flexibility index (Phi) is 42.6. The van der Waals surface area contributed by atoms with Crippen LogP contribution in [0.4, 0.5) is 0 Å². The van der Waals surface area contributed by atoms with Crippen LogP contribution < -0.4 is 0 Å². The van der Waals surface area contributed by atoms with E-state index in [1.807, 2.05) is 44.7 Å². The second-order valence-corrected chi connectivity index (χ2v) is 17.9. The van der Waals surface area contributed by atoms with Crippen LogP contribution in [0.25, 0.3) is 0 Å². The van der Waals surface area contributed by atoms with Gasteiger partial charge >= 0.3 is 0 Å². The van der Waals surface area contributed by atoms with Gasteiger partial charge in [0.25, 0.3) is 0 Å². The summed E-state index contributed by atoms with van der Waals surface area (Å²) in [5, 5.41) is 0.834. The molecule has 4 rings (SSSR count). The first-order valence-electron chi connectivity index (χ1n) is 24.5. The number of benzene rings is 1. The summed E-state index contributed by atoms with van der Waals surface area (Å²) in [5.41, 5.74) is 2.99. The second-order valence-electron chi connectivity index (χ2n) is 17.5. The van der Waals surface area contributed by atoms with E-state index < -0.39 is 0 Å². The maximum atomic E-state index is 10.5. The van der Waals surface area contributed by atoms with Gasteiger partial charge in [-0.2, -0.15) is 0 Å². The van der Waals surface area contributed by atoms with E-state index in [4.69, 9.17) is 11.6 Å². The molecule has 0 spiro atoms. The van der Waals surface area contributed by atoms with Gasteiger partial charge in [0.15, 0.2) is 0 Å². The molecule has 6 atom stereocenters. The molecule has 342 valence electrons. The molecule has 1 aromatic carbocycles. The number of unbranched alkanes of at least 4 members (excludes halogenated alkanes) is 2. The van der Waals surface area contributed by atoms with E-state index in [9.17, 15) is 9.59 Å². The van der Waals surface area contributed by atoms with Crippen molar-refractivity contribution in [2.45, 2.75) is 225 Å². The van der Waals surface area contributed by atoms with Gasteiger partial charge in [-0.1, -0.05) is 184 Å². The Hall–Kier alpha value is -1.65. The monoisotopic (exact) mass is 833 g/mol. The Labute approximate surface area is 369 Å². The summed E-state index contributed by atoms with van der Waals surface area (Å²) in [4.78, 5) is 25.2. The Morgan fingerprint density at radius 3 is 1.71 bits per heavy atom. The number of Topliss-reactive ketones (excluding diaryl/α,β-unsaturated/α-hetero) is 1. The molecule has 3 aliphatic rings. The van der Waals surface area contributed by atoms with Gasteiger partial charge in [-0.15, -0.1) is 0 Å². The highest BCUT2D eigenvalue weighted by atomic mass is 35.5. The van der Waals surface area contributed by atoms with Crippen molar-refractivity contribution in [2.75, 3.05) is 26.7 Å². The number of hydrogen-bond donors (Lipinski definition) is 0. The van der Waals surface area contributed by atoms with Gasteiger partial charge in [0.05, 0.1) is 6.04 Å². The van der Waals surface area contributed by atoms with Crippen molar-refractivity contribution in [3.8, 4) is 0 Å². The number of rotatable bonds is 19. The molecule has 1 aliphatic heterocycles. The minimum Gasteiger partial charge on any atom is -0.339 e. The molecule has 4 nitrogen and oxygen atoms in total. The molecule has 0 N–H and O–H groups in total. The summed E-state index contributed by atoms with van der Waals surface area (Å²) in [7, 11) is 2.21. The van der Waals surface area contributed by atoms with Gasteiger partial charge in [-0.05, 0) is 132 Å². The number of ketones is 1. The van der Waals surface area contributed by atoms with Gasteiger partial charge in [-0.3, -0.25) is 9.59 Å². The summed E-state index contributed by atoms with van der Waals surface area (Å²) < 4.78 is 0. The first kappa shape index (κ1) is 60.7. The number of carbonyl (C=O) groups excluding carboxylic acids is 2. The molecule has 1 heterocycles. The number of amides is 1. The summed E-state index contributed by atoms with van der Waals surface area (Å²) >= 11 is 5.91. The van der Waals surface area contributed by atoms with Crippen LogP contribution in [-0.2, 0) is 9.59 Å². The Bertz CT molecular complexity index is 1070. The first-order valence-corrected chi connectivity index (χ1v) is 24.9. The molecule has 0 bridgehead atoms. The maximum Gasteiger partial charge on any atom is 0.210 e. The summed E-state index contributed by atoms with van der Waals surface area (Å²) in [6, 6.07) is 8.79. The zero-order valence-electron chi connectivity index (χ0n) is 41.7. The van der Waals surface area contributed by atoms with Crippen molar-refractivity contribution >= 4 is 23.8 Å². The Balaban J connectivity index is -0.000000645. The minimum absolute atomic E-state index is 0.264. The molecule has 0 radical (unpaired) electrons. The molecule has 3 fully saturated rings. The Morgan fingerprint density at radius 1 is 0.793 bits per heavy atom. The van der Waals surface area contributed by atoms with Crippen molar-refractivity contribution in [3.63, 3.8) is 0 Å². The van der Waals surface area contributed by atoms with Crippen molar-refractivity contribution < 1.29 is 9.59 Å². The third kappa shape index (κ3) is 36.2. The highest BCUT2D eigenvalue weighted by Crippen LogP contribution is 2.31.